The number of aromatic nitrogens is 2. The van der Waals surface area contributed by atoms with E-state index in [1.165, 1.54) is 11.1 Å². The maximum Gasteiger partial charge on any atom is 0.142 e. The SMILES string of the molecule is Cc1ccc(CN2CCN(c3ccccc3[C@H](O)c3nccn3C)CC2)cc1. The summed E-state index contributed by atoms with van der Waals surface area (Å²) in [6, 6.07) is 17.0. The van der Waals surface area contributed by atoms with Crippen molar-refractivity contribution in [2.75, 3.05) is 31.1 Å². The van der Waals surface area contributed by atoms with E-state index in [0.29, 0.717) is 5.82 Å². The van der Waals surface area contributed by atoms with Crippen molar-refractivity contribution in [1.29, 1.82) is 0 Å². The lowest BCUT2D eigenvalue weighted by atomic mass is 10.0. The van der Waals surface area contributed by atoms with E-state index < -0.39 is 6.10 Å². The first kappa shape index (κ1) is 18.7. The van der Waals surface area contributed by atoms with Crippen LogP contribution >= 0.6 is 0 Å². The number of para-hydroxylation sites is 1. The number of rotatable bonds is 5. The molecule has 0 saturated carbocycles. The van der Waals surface area contributed by atoms with Crippen molar-refractivity contribution in [2.45, 2.75) is 19.6 Å². The molecular formula is C23H28N4O. The van der Waals surface area contributed by atoms with Crippen molar-refractivity contribution in [2.24, 2.45) is 7.05 Å². The highest BCUT2D eigenvalue weighted by atomic mass is 16.3. The summed E-state index contributed by atoms with van der Waals surface area (Å²) in [4.78, 5) is 9.21. The van der Waals surface area contributed by atoms with Gasteiger partial charge in [-0.1, -0.05) is 48.0 Å². The summed E-state index contributed by atoms with van der Waals surface area (Å²) in [5.74, 6) is 0.672. The fourth-order valence-electron chi connectivity index (χ4n) is 3.89. The molecule has 1 saturated heterocycles. The molecular weight excluding hydrogens is 348 g/mol. The lowest BCUT2D eigenvalue weighted by molar-refractivity contribution is 0.205. The predicted molar refractivity (Wildman–Crippen MR) is 112 cm³/mol. The van der Waals surface area contributed by atoms with Crippen LogP contribution in [0.2, 0.25) is 0 Å². The monoisotopic (exact) mass is 376 g/mol. The number of hydrogen-bond acceptors (Lipinski definition) is 4. The molecule has 5 nitrogen and oxygen atoms in total. The number of benzene rings is 2. The van der Waals surface area contributed by atoms with E-state index in [1.807, 2.05) is 36.0 Å². The molecule has 0 spiro atoms. The Balaban J connectivity index is 1.45. The molecule has 4 rings (SSSR count). The van der Waals surface area contributed by atoms with Gasteiger partial charge in [-0.15, -0.1) is 0 Å². The average Bonchev–Trinajstić information content (AvgIpc) is 3.16. The number of aliphatic hydroxyl groups is 1. The summed E-state index contributed by atoms with van der Waals surface area (Å²) in [5.41, 5.74) is 4.69. The smallest absolute Gasteiger partial charge is 0.142 e. The third-order valence-corrected chi connectivity index (χ3v) is 5.57. The highest BCUT2D eigenvalue weighted by Gasteiger charge is 2.23. The van der Waals surface area contributed by atoms with E-state index in [2.05, 4.69) is 52.0 Å². The Bertz CT molecular complexity index is 910. The standard InChI is InChI=1S/C23H28N4O/c1-18-7-9-19(10-8-18)17-26-13-15-27(16-14-26)21-6-4-3-5-20(21)22(28)23-24-11-12-25(23)2/h3-12,22,28H,13-17H2,1-2H3/t22-/m0/s1. The number of aryl methyl sites for hydroxylation is 2. The Morgan fingerprint density at radius 2 is 1.71 bits per heavy atom. The van der Waals surface area contributed by atoms with Gasteiger partial charge in [-0.05, 0) is 18.6 Å². The molecule has 0 aliphatic carbocycles. The highest BCUT2D eigenvalue weighted by molar-refractivity contribution is 5.56. The summed E-state index contributed by atoms with van der Waals surface area (Å²) < 4.78 is 1.88. The van der Waals surface area contributed by atoms with Crippen molar-refractivity contribution >= 4 is 5.69 Å². The van der Waals surface area contributed by atoms with Gasteiger partial charge in [0.25, 0.3) is 0 Å². The lowest BCUT2D eigenvalue weighted by Crippen LogP contribution is -2.46. The molecule has 1 atom stereocenters. The molecule has 1 N–H and O–H groups in total. The van der Waals surface area contributed by atoms with Gasteiger partial charge in [-0.3, -0.25) is 4.90 Å². The number of aliphatic hydroxyl groups excluding tert-OH is 1. The molecule has 5 heteroatoms. The number of piperazine rings is 1. The molecule has 1 aliphatic rings. The van der Waals surface area contributed by atoms with Gasteiger partial charge in [-0.2, -0.15) is 0 Å². The second-order valence-electron chi connectivity index (χ2n) is 7.61. The van der Waals surface area contributed by atoms with E-state index in [4.69, 9.17) is 0 Å². The van der Waals surface area contributed by atoms with Crippen molar-refractivity contribution in [3.05, 3.63) is 83.4 Å². The zero-order valence-electron chi connectivity index (χ0n) is 16.6. The van der Waals surface area contributed by atoms with Crippen molar-refractivity contribution < 1.29 is 5.11 Å². The third kappa shape index (κ3) is 3.96. The van der Waals surface area contributed by atoms with Gasteiger partial charge >= 0.3 is 0 Å². The molecule has 1 aromatic heterocycles. The van der Waals surface area contributed by atoms with E-state index in [1.54, 1.807) is 6.20 Å². The minimum Gasteiger partial charge on any atom is -0.380 e. The Hall–Kier alpha value is -2.63. The van der Waals surface area contributed by atoms with E-state index >= 15 is 0 Å². The van der Waals surface area contributed by atoms with E-state index in [-0.39, 0.29) is 0 Å². The zero-order chi connectivity index (χ0) is 19.5. The van der Waals surface area contributed by atoms with Gasteiger partial charge in [0.1, 0.15) is 11.9 Å². The first-order valence-corrected chi connectivity index (χ1v) is 9.89. The lowest BCUT2D eigenvalue weighted by Gasteiger charge is -2.37. The summed E-state index contributed by atoms with van der Waals surface area (Å²) >= 11 is 0. The zero-order valence-corrected chi connectivity index (χ0v) is 16.6. The first-order chi connectivity index (χ1) is 13.6. The fraction of sp³-hybridized carbons (Fsp3) is 0.348. The topological polar surface area (TPSA) is 44.5 Å². The molecule has 0 bridgehead atoms. The Morgan fingerprint density at radius 3 is 2.39 bits per heavy atom. The van der Waals surface area contributed by atoms with E-state index in [0.717, 1.165) is 44.0 Å². The summed E-state index contributed by atoms with van der Waals surface area (Å²) in [6.45, 7) is 7.05. The van der Waals surface area contributed by atoms with Crippen LogP contribution in [0.25, 0.3) is 0 Å². The average molecular weight is 377 g/mol. The quantitative estimate of drug-likeness (QED) is 0.743. The minimum absolute atomic E-state index is 0.672. The van der Waals surface area contributed by atoms with Gasteiger partial charge in [0, 0.05) is 63.4 Å². The minimum atomic E-state index is -0.721. The second-order valence-corrected chi connectivity index (χ2v) is 7.61. The summed E-state index contributed by atoms with van der Waals surface area (Å²) in [5, 5.41) is 10.9. The first-order valence-electron chi connectivity index (χ1n) is 9.89. The molecule has 0 amide bonds. The van der Waals surface area contributed by atoms with Gasteiger partial charge < -0.3 is 14.6 Å². The van der Waals surface area contributed by atoms with Crippen LogP contribution in [0.15, 0.2) is 60.9 Å². The summed E-state index contributed by atoms with van der Waals surface area (Å²) in [6.07, 6.45) is 2.87. The molecule has 1 aliphatic heterocycles. The Labute approximate surface area is 166 Å². The fourth-order valence-corrected chi connectivity index (χ4v) is 3.89. The molecule has 0 unspecified atom stereocenters. The van der Waals surface area contributed by atoms with E-state index in [9.17, 15) is 5.11 Å². The molecule has 1 fully saturated rings. The predicted octanol–water partition coefficient (Wildman–Crippen LogP) is 3.13. The molecule has 3 aromatic rings. The van der Waals surface area contributed by atoms with Gasteiger partial charge in [0.15, 0.2) is 0 Å². The Morgan fingerprint density at radius 1 is 1.00 bits per heavy atom. The van der Waals surface area contributed by atoms with Crippen LogP contribution in [0.4, 0.5) is 5.69 Å². The molecule has 0 radical (unpaired) electrons. The van der Waals surface area contributed by atoms with Crippen molar-refractivity contribution in [1.82, 2.24) is 14.5 Å². The highest BCUT2D eigenvalue weighted by Crippen LogP contribution is 2.30. The number of imidazole rings is 1. The maximum absolute atomic E-state index is 10.9. The van der Waals surface area contributed by atoms with Gasteiger partial charge in [-0.25, -0.2) is 4.98 Å². The van der Waals surface area contributed by atoms with Crippen LogP contribution in [-0.2, 0) is 13.6 Å². The second kappa shape index (κ2) is 8.17. The summed E-state index contributed by atoms with van der Waals surface area (Å²) in [7, 11) is 1.91. The van der Waals surface area contributed by atoms with Crippen LogP contribution in [-0.4, -0.2) is 45.7 Å². The molecule has 146 valence electrons. The maximum atomic E-state index is 10.9. The van der Waals surface area contributed by atoms with Crippen LogP contribution in [0.3, 0.4) is 0 Å². The van der Waals surface area contributed by atoms with Gasteiger partial charge in [0.05, 0.1) is 0 Å². The van der Waals surface area contributed by atoms with Crippen LogP contribution in [0.1, 0.15) is 28.6 Å². The van der Waals surface area contributed by atoms with Crippen LogP contribution < -0.4 is 4.90 Å². The van der Waals surface area contributed by atoms with Crippen LogP contribution in [0, 0.1) is 6.92 Å². The van der Waals surface area contributed by atoms with Gasteiger partial charge in [0.2, 0.25) is 0 Å². The molecule has 2 heterocycles. The third-order valence-electron chi connectivity index (χ3n) is 5.57. The van der Waals surface area contributed by atoms with Crippen molar-refractivity contribution in [3.8, 4) is 0 Å². The van der Waals surface area contributed by atoms with Crippen LogP contribution in [0.5, 0.6) is 0 Å². The largest absolute Gasteiger partial charge is 0.380 e. The molecule has 2 aromatic carbocycles. The molecule has 28 heavy (non-hydrogen) atoms. The Kier molecular flexibility index (Phi) is 5.46. The number of anilines is 1. The van der Waals surface area contributed by atoms with Crippen molar-refractivity contribution in [3.63, 3.8) is 0 Å². The number of nitrogens with zero attached hydrogens (tertiary/aromatic N) is 4. The normalized spacial score (nSPS) is 16.3. The number of hydrogen-bond donors (Lipinski definition) is 1.